The number of aliphatic carboxylic acids is 1. The molecule has 0 spiro atoms. The number of carbonyl (C=O) groups is 2. The van der Waals surface area contributed by atoms with Gasteiger partial charge in [-0.1, -0.05) is 54.4 Å². The van der Waals surface area contributed by atoms with Gasteiger partial charge in [0.1, 0.15) is 0 Å². The fourth-order valence-corrected chi connectivity index (χ4v) is 8.01. The minimum Gasteiger partial charge on any atom is -0.481 e. The number of hydrogen-bond donors (Lipinski definition) is 2. The quantitative estimate of drug-likeness (QED) is 0.318. The van der Waals surface area contributed by atoms with E-state index in [1.54, 1.807) is 25.1 Å². The van der Waals surface area contributed by atoms with Crippen LogP contribution in [0.25, 0.3) is 0 Å². The number of amides is 1. The number of benzene rings is 2. The molecule has 2 aromatic carbocycles. The summed E-state index contributed by atoms with van der Waals surface area (Å²) in [4.78, 5) is 28.6. The van der Waals surface area contributed by atoms with Crippen molar-refractivity contribution in [2.24, 2.45) is 11.3 Å². The number of carboxylic acids is 1. The van der Waals surface area contributed by atoms with Gasteiger partial charge in [-0.3, -0.25) is 9.59 Å². The third-order valence-electron chi connectivity index (χ3n) is 9.24. The van der Waals surface area contributed by atoms with E-state index in [9.17, 15) is 23.1 Å². The molecular formula is C30H36Cl2N2O5S. The van der Waals surface area contributed by atoms with Crippen molar-refractivity contribution in [2.75, 3.05) is 6.54 Å². The van der Waals surface area contributed by atoms with E-state index in [-0.39, 0.29) is 30.7 Å². The van der Waals surface area contributed by atoms with Crippen LogP contribution in [-0.4, -0.2) is 47.6 Å². The first kappa shape index (κ1) is 29.4. The van der Waals surface area contributed by atoms with Crippen LogP contribution in [0.3, 0.4) is 0 Å². The Kier molecular flexibility index (Phi) is 8.03. The molecule has 0 bridgehead atoms. The Bertz CT molecular complexity index is 1390. The van der Waals surface area contributed by atoms with Crippen LogP contribution in [0.1, 0.15) is 81.9 Å². The number of hydrogen-bond acceptors (Lipinski definition) is 4. The van der Waals surface area contributed by atoms with E-state index in [1.165, 1.54) is 0 Å². The minimum absolute atomic E-state index is 0.0908. The zero-order chi connectivity index (χ0) is 28.9. The smallest absolute Gasteiger partial charge is 0.304 e. The fraction of sp³-hybridized carbons (Fsp3) is 0.533. The molecule has 3 aliphatic rings. The number of sulfonamides is 1. The van der Waals surface area contributed by atoms with Gasteiger partial charge in [0.05, 0.1) is 22.6 Å². The van der Waals surface area contributed by atoms with E-state index >= 15 is 0 Å². The summed E-state index contributed by atoms with van der Waals surface area (Å²) in [5.74, 6) is -1.42. The van der Waals surface area contributed by atoms with Crippen molar-refractivity contribution in [3.8, 4) is 0 Å². The molecule has 3 fully saturated rings. The Labute approximate surface area is 246 Å². The summed E-state index contributed by atoms with van der Waals surface area (Å²) in [6, 6.07) is 14.0. The van der Waals surface area contributed by atoms with Crippen LogP contribution in [0.2, 0.25) is 10.0 Å². The minimum atomic E-state index is -3.57. The van der Waals surface area contributed by atoms with Crippen LogP contribution >= 0.6 is 23.2 Å². The van der Waals surface area contributed by atoms with E-state index in [1.807, 2.05) is 42.2 Å². The molecule has 10 heteroatoms. The lowest BCUT2D eigenvalue weighted by atomic mass is 9.64. The Morgan fingerprint density at radius 1 is 1.10 bits per heavy atom. The maximum absolute atomic E-state index is 14.6. The topological polar surface area (TPSA) is 104 Å². The molecule has 5 rings (SSSR count). The van der Waals surface area contributed by atoms with Gasteiger partial charge in [0.15, 0.2) is 0 Å². The average Bonchev–Trinajstić information content (AvgIpc) is 3.84. The van der Waals surface area contributed by atoms with Gasteiger partial charge in [-0.2, -0.15) is 0 Å². The first-order valence-electron chi connectivity index (χ1n) is 13.9. The SMILES string of the molecule is CC[C@]1(CC(=O)O)C[C@H](c2cccc(Cl)c2)[C@@H](c2ccc(Cl)cc2)N([C@H](CNS(=O)(=O)C2(C)CC2)C2CC2)C1=O. The third kappa shape index (κ3) is 5.65. The van der Waals surface area contributed by atoms with Gasteiger partial charge in [-0.05, 0) is 86.8 Å². The molecule has 0 unspecified atom stereocenters. The summed E-state index contributed by atoms with van der Waals surface area (Å²) in [6.45, 7) is 3.70. The van der Waals surface area contributed by atoms with Crippen molar-refractivity contribution in [3.63, 3.8) is 0 Å². The molecular weight excluding hydrogens is 571 g/mol. The van der Waals surface area contributed by atoms with Gasteiger partial charge in [-0.15, -0.1) is 0 Å². The maximum atomic E-state index is 14.6. The van der Waals surface area contributed by atoms with Crippen molar-refractivity contribution < 1.29 is 23.1 Å². The second-order valence-electron chi connectivity index (χ2n) is 12.0. The van der Waals surface area contributed by atoms with E-state index < -0.39 is 38.2 Å². The Morgan fingerprint density at radius 2 is 1.77 bits per heavy atom. The first-order valence-corrected chi connectivity index (χ1v) is 16.2. The molecule has 1 amide bonds. The molecule has 2 aliphatic carbocycles. The Hall–Kier alpha value is -2.13. The van der Waals surface area contributed by atoms with Crippen LogP contribution in [-0.2, 0) is 19.6 Å². The largest absolute Gasteiger partial charge is 0.481 e. The molecule has 2 N–H and O–H groups in total. The number of rotatable bonds is 11. The summed E-state index contributed by atoms with van der Waals surface area (Å²) >= 11 is 12.7. The van der Waals surface area contributed by atoms with Crippen molar-refractivity contribution in [2.45, 2.75) is 81.5 Å². The molecule has 7 nitrogen and oxygen atoms in total. The second-order valence-corrected chi connectivity index (χ2v) is 15.1. The summed E-state index contributed by atoms with van der Waals surface area (Å²) in [5, 5.41) is 11.1. The van der Waals surface area contributed by atoms with Gasteiger partial charge < -0.3 is 10.0 Å². The van der Waals surface area contributed by atoms with Crippen LogP contribution in [0.15, 0.2) is 48.5 Å². The number of nitrogens with one attached hydrogen (secondary N) is 1. The summed E-state index contributed by atoms with van der Waals surface area (Å²) in [6.07, 6.45) is 3.35. The van der Waals surface area contributed by atoms with E-state index in [0.717, 1.165) is 24.0 Å². The highest BCUT2D eigenvalue weighted by Crippen LogP contribution is 2.55. The Morgan fingerprint density at radius 3 is 2.33 bits per heavy atom. The molecule has 4 atom stereocenters. The lowest BCUT2D eigenvalue weighted by Crippen LogP contribution is -2.59. The van der Waals surface area contributed by atoms with Gasteiger partial charge >= 0.3 is 5.97 Å². The molecule has 1 saturated heterocycles. The van der Waals surface area contributed by atoms with Crippen molar-refractivity contribution in [1.82, 2.24) is 9.62 Å². The maximum Gasteiger partial charge on any atom is 0.304 e. The highest BCUT2D eigenvalue weighted by atomic mass is 35.5. The number of likely N-dealkylation sites (tertiary alicyclic amines) is 1. The van der Waals surface area contributed by atoms with Crippen LogP contribution in [0.4, 0.5) is 0 Å². The number of halogens is 2. The highest BCUT2D eigenvalue weighted by molar-refractivity contribution is 7.91. The monoisotopic (exact) mass is 606 g/mol. The predicted molar refractivity (Wildman–Crippen MR) is 156 cm³/mol. The average molecular weight is 608 g/mol. The van der Waals surface area contributed by atoms with E-state index in [4.69, 9.17) is 23.2 Å². The number of carbonyl (C=O) groups excluding carboxylic acids is 1. The summed E-state index contributed by atoms with van der Waals surface area (Å²) in [5.41, 5.74) is 0.634. The summed E-state index contributed by atoms with van der Waals surface area (Å²) < 4.78 is 28.4. The van der Waals surface area contributed by atoms with Crippen LogP contribution in [0, 0.1) is 11.3 Å². The molecule has 0 aromatic heterocycles. The normalized spacial score (nSPS) is 26.9. The van der Waals surface area contributed by atoms with Gasteiger partial charge in [0, 0.05) is 28.5 Å². The first-order chi connectivity index (χ1) is 18.9. The Balaban J connectivity index is 1.65. The standard InChI is InChI=1S/C30H36Cl2N2O5S/c1-3-30(17-26(35)36)16-24(21-5-4-6-23(32)15-21)27(20-9-11-22(31)12-10-20)34(28(30)37)25(19-7-8-19)18-33-40(38,39)29(2)13-14-29/h4-6,9-12,15,19,24-25,27,33H,3,7-8,13-14,16-18H2,1-2H3,(H,35,36)/t24-,25-,27-,30-/m1/s1. The van der Waals surface area contributed by atoms with Gasteiger partial charge in [0.2, 0.25) is 15.9 Å². The molecule has 40 heavy (non-hydrogen) atoms. The van der Waals surface area contributed by atoms with Gasteiger partial charge in [0.25, 0.3) is 0 Å². The van der Waals surface area contributed by atoms with Crippen LogP contribution in [0.5, 0.6) is 0 Å². The molecule has 2 saturated carbocycles. The highest BCUT2D eigenvalue weighted by Gasteiger charge is 2.56. The van der Waals surface area contributed by atoms with E-state index in [2.05, 4.69) is 4.72 Å². The lowest BCUT2D eigenvalue weighted by Gasteiger charge is -2.53. The fourth-order valence-electron chi connectivity index (χ4n) is 6.31. The molecule has 0 radical (unpaired) electrons. The number of piperidine rings is 1. The van der Waals surface area contributed by atoms with Crippen molar-refractivity contribution in [1.29, 1.82) is 0 Å². The molecule has 1 heterocycles. The zero-order valence-electron chi connectivity index (χ0n) is 22.8. The number of carboxylic acid groups (broad SMARTS) is 1. The molecule has 2 aromatic rings. The van der Waals surface area contributed by atoms with E-state index in [0.29, 0.717) is 35.7 Å². The molecule has 216 valence electrons. The number of nitrogens with zero attached hydrogens (tertiary/aromatic N) is 1. The predicted octanol–water partition coefficient (Wildman–Crippen LogP) is 6.17. The zero-order valence-corrected chi connectivity index (χ0v) is 25.1. The van der Waals surface area contributed by atoms with Crippen LogP contribution < -0.4 is 4.72 Å². The lowest BCUT2D eigenvalue weighted by molar-refractivity contribution is -0.162. The second kappa shape index (κ2) is 10.9. The van der Waals surface area contributed by atoms with Crippen molar-refractivity contribution in [3.05, 3.63) is 69.7 Å². The summed E-state index contributed by atoms with van der Waals surface area (Å²) in [7, 11) is -3.57. The molecule has 1 aliphatic heterocycles. The van der Waals surface area contributed by atoms with Crippen molar-refractivity contribution >= 4 is 45.1 Å². The third-order valence-corrected chi connectivity index (χ3v) is 12.0. The van der Waals surface area contributed by atoms with Gasteiger partial charge in [-0.25, -0.2) is 13.1 Å².